The predicted octanol–water partition coefficient (Wildman–Crippen LogP) is 4.29. The third-order valence-electron chi connectivity index (χ3n) is 3.64. The molecule has 0 atom stereocenters. The average Bonchev–Trinajstić information content (AvgIpc) is 2.84. The van der Waals surface area contributed by atoms with Crippen LogP contribution >= 0.6 is 0 Å². The second-order valence-electron chi connectivity index (χ2n) is 4.67. The summed E-state index contributed by atoms with van der Waals surface area (Å²) in [7, 11) is 0. The Balaban J connectivity index is 2.25. The number of hydrogen-bond donors (Lipinski definition) is 0. The molecule has 0 saturated heterocycles. The molecule has 0 aromatic heterocycles. The quantitative estimate of drug-likeness (QED) is 0.352. The van der Waals surface area contributed by atoms with Crippen LogP contribution in [-0.2, 0) is 0 Å². The molecule has 1 aliphatic carbocycles. The molecule has 84 valence electrons. The zero-order valence-electron chi connectivity index (χ0n) is 9.68. The summed E-state index contributed by atoms with van der Waals surface area (Å²) >= 11 is 0. The van der Waals surface area contributed by atoms with Crippen molar-refractivity contribution in [2.75, 3.05) is 0 Å². The Labute approximate surface area is 104 Å². The smallest absolute Gasteiger partial charge is 0.150 e. The summed E-state index contributed by atoms with van der Waals surface area (Å²) in [5.41, 5.74) is 3.28. The van der Waals surface area contributed by atoms with E-state index in [2.05, 4.69) is 36.4 Å². The van der Waals surface area contributed by atoms with E-state index in [1.165, 1.54) is 27.3 Å². The molecule has 0 saturated carbocycles. The molecule has 1 heteroatoms. The maximum atomic E-state index is 10.9. The van der Waals surface area contributed by atoms with Crippen LogP contribution in [0.5, 0.6) is 0 Å². The SMILES string of the molecule is O=Cc1ccc2c3c4c(cccc4cc2c1)C=C3. The van der Waals surface area contributed by atoms with Crippen molar-refractivity contribution < 1.29 is 4.79 Å². The predicted molar refractivity (Wildman–Crippen MR) is 75.8 cm³/mol. The van der Waals surface area contributed by atoms with Gasteiger partial charge in [0.1, 0.15) is 6.29 Å². The summed E-state index contributed by atoms with van der Waals surface area (Å²) in [5, 5.41) is 4.91. The minimum Gasteiger partial charge on any atom is -0.298 e. The lowest BCUT2D eigenvalue weighted by Gasteiger charge is -2.07. The second kappa shape index (κ2) is 3.30. The van der Waals surface area contributed by atoms with Crippen molar-refractivity contribution in [3.05, 3.63) is 59.2 Å². The fourth-order valence-electron chi connectivity index (χ4n) is 2.83. The van der Waals surface area contributed by atoms with Gasteiger partial charge in [0.05, 0.1) is 0 Å². The molecular weight excluding hydrogens is 220 g/mol. The number of hydrogen-bond acceptors (Lipinski definition) is 1. The molecule has 0 spiro atoms. The monoisotopic (exact) mass is 230 g/mol. The van der Waals surface area contributed by atoms with Crippen LogP contribution in [0.1, 0.15) is 21.5 Å². The van der Waals surface area contributed by atoms with Gasteiger partial charge in [0.2, 0.25) is 0 Å². The van der Waals surface area contributed by atoms with E-state index >= 15 is 0 Å². The summed E-state index contributed by atoms with van der Waals surface area (Å²) in [6, 6.07) is 14.4. The van der Waals surface area contributed by atoms with Gasteiger partial charge in [0.25, 0.3) is 0 Å². The van der Waals surface area contributed by atoms with Gasteiger partial charge in [0, 0.05) is 5.56 Å². The van der Waals surface area contributed by atoms with E-state index < -0.39 is 0 Å². The highest BCUT2D eigenvalue weighted by Gasteiger charge is 2.12. The maximum Gasteiger partial charge on any atom is 0.150 e. The molecule has 0 radical (unpaired) electrons. The van der Waals surface area contributed by atoms with E-state index in [-0.39, 0.29) is 0 Å². The standard InChI is InChI=1S/C17H10O/c18-10-11-4-6-15-14(8-11)9-13-3-1-2-12-5-7-16(15)17(12)13/h1-10H. The van der Waals surface area contributed by atoms with Crippen LogP contribution < -0.4 is 0 Å². The Morgan fingerprint density at radius 1 is 0.889 bits per heavy atom. The van der Waals surface area contributed by atoms with E-state index in [1.807, 2.05) is 18.2 Å². The molecular formula is C17H10O. The van der Waals surface area contributed by atoms with Crippen LogP contribution in [0.3, 0.4) is 0 Å². The van der Waals surface area contributed by atoms with Crippen molar-refractivity contribution in [1.82, 2.24) is 0 Å². The number of carbonyl (C=O) groups is 1. The molecule has 1 nitrogen and oxygen atoms in total. The van der Waals surface area contributed by atoms with E-state index in [9.17, 15) is 4.79 Å². The number of fused-ring (bicyclic) bond motifs is 2. The lowest BCUT2D eigenvalue weighted by atomic mass is 9.96. The normalized spacial score (nSPS) is 12.4. The van der Waals surface area contributed by atoms with Gasteiger partial charge in [0.15, 0.2) is 0 Å². The van der Waals surface area contributed by atoms with Gasteiger partial charge in [-0.3, -0.25) is 4.79 Å². The highest BCUT2D eigenvalue weighted by molar-refractivity contribution is 6.15. The first-order valence-corrected chi connectivity index (χ1v) is 5.99. The molecule has 18 heavy (non-hydrogen) atoms. The molecule has 0 aliphatic heterocycles. The van der Waals surface area contributed by atoms with Gasteiger partial charge in [-0.15, -0.1) is 0 Å². The molecule has 0 heterocycles. The van der Waals surface area contributed by atoms with Gasteiger partial charge in [-0.25, -0.2) is 0 Å². The minimum atomic E-state index is 0.729. The molecule has 0 fully saturated rings. The number of rotatable bonds is 1. The van der Waals surface area contributed by atoms with Gasteiger partial charge < -0.3 is 0 Å². The molecule has 3 aromatic carbocycles. The van der Waals surface area contributed by atoms with Crippen molar-refractivity contribution >= 4 is 40.0 Å². The first-order chi connectivity index (χ1) is 8.86. The number of aldehydes is 1. The van der Waals surface area contributed by atoms with Crippen molar-refractivity contribution in [3.8, 4) is 0 Å². The number of benzene rings is 3. The third-order valence-corrected chi connectivity index (χ3v) is 3.64. The Hall–Kier alpha value is -2.41. The average molecular weight is 230 g/mol. The largest absolute Gasteiger partial charge is 0.298 e. The Morgan fingerprint density at radius 3 is 2.72 bits per heavy atom. The summed E-state index contributed by atoms with van der Waals surface area (Å²) in [5.74, 6) is 0. The Kier molecular flexibility index (Phi) is 1.76. The first kappa shape index (κ1) is 9.60. The zero-order chi connectivity index (χ0) is 12.1. The summed E-state index contributed by atoms with van der Waals surface area (Å²) < 4.78 is 0. The molecule has 3 aromatic rings. The van der Waals surface area contributed by atoms with Crippen LogP contribution in [0.2, 0.25) is 0 Å². The second-order valence-corrected chi connectivity index (χ2v) is 4.67. The van der Waals surface area contributed by atoms with E-state index in [1.54, 1.807) is 0 Å². The van der Waals surface area contributed by atoms with E-state index in [0.29, 0.717) is 0 Å². The fourth-order valence-corrected chi connectivity index (χ4v) is 2.83. The van der Waals surface area contributed by atoms with Crippen molar-refractivity contribution in [3.63, 3.8) is 0 Å². The third kappa shape index (κ3) is 1.13. The topological polar surface area (TPSA) is 17.1 Å². The highest BCUT2D eigenvalue weighted by Crippen LogP contribution is 2.36. The van der Waals surface area contributed by atoms with E-state index in [0.717, 1.165) is 17.2 Å². The zero-order valence-corrected chi connectivity index (χ0v) is 9.68. The fraction of sp³-hybridized carbons (Fsp3) is 0. The molecule has 0 N–H and O–H groups in total. The van der Waals surface area contributed by atoms with Gasteiger partial charge in [-0.05, 0) is 44.8 Å². The van der Waals surface area contributed by atoms with Crippen LogP contribution in [-0.4, -0.2) is 6.29 Å². The minimum absolute atomic E-state index is 0.729. The lowest BCUT2D eigenvalue weighted by Crippen LogP contribution is -1.85. The Morgan fingerprint density at radius 2 is 1.83 bits per heavy atom. The first-order valence-electron chi connectivity index (χ1n) is 5.99. The summed E-state index contributed by atoms with van der Waals surface area (Å²) in [6.45, 7) is 0. The van der Waals surface area contributed by atoms with Crippen molar-refractivity contribution in [1.29, 1.82) is 0 Å². The molecule has 1 aliphatic rings. The molecule has 0 unspecified atom stereocenters. The number of carbonyl (C=O) groups excluding carboxylic acids is 1. The van der Waals surface area contributed by atoms with Crippen LogP contribution in [0.4, 0.5) is 0 Å². The van der Waals surface area contributed by atoms with Gasteiger partial charge in [-0.1, -0.05) is 42.5 Å². The lowest BCUT2D eigenvalue weighted by molar-refractivity contribution is 0.112. The molecule has 0 bridgehead atoms. The summed E-state index contributed by atoms with van der Waals surface area (Å²) in [4.78, 5) is 10.9. The maximum absolute atomic E-state index is 10.9. The van der Waals surface area contributed by atoms with Crippen LogP contribution in [0.15, 0.2) is 42.5 Å². The highest BCUT2D eigenvalue weighted by atomic mass is 16.1. The summed E-state index contributed by atoms with van der Waals surface area (Å²) in [6.07, 6.45) is 5.22. The van der Waals surface area contributed by atoms with E-state index in [4.69, 9.17) is 0 Å². The van der Waals surface area contributed by atoms with Gasteiger partial charge >= 0.3 is 0 Å². The van der Waals surface area contributed by atoms with Crippen LogP contribution in [0, 0.1) is 0 Å². The Bertz CT molecular complexity index is 841. The van der Waals surface area contributed by atoms with Crippen molar-refractivity contribution in [2.45, 2.75) is 0 Å². The van der Waals surface area contributed by atoms with Crippen LogP contribution in [0.25, 0.3) is 33.7 Å². The van der Waals surface area contributed by atoms with Gasteiger partial charge in [-0.2, -0.15) is 0 Å². The van der Waals surface area contributed by atoms with Crippen molar-refractivity contribution in [2.24, 2.45) is 0 Å². The molecule has 4 rings (SSSR count). The molecule has 0 amide bonds.